The van der Waals surface area contributed by atoms with E-state index in [9.17, 15) is 14.0 Å². The third kappa shape index (κ3) is 3.71. The van der Waals surface area contributed by atoms with E-state index in [1.807, 2.05) is 17.9 Å². The Balaban J connectivity index is 1.47. The number of nitrogens with two attached hydrogens (primary N) is 1. The molecule has 2 aliphatic rings. The van der Waals surface area contributed by atoms with E-state index >= 15 is 0 Å². The lowest BCUT2D eigenvalue weighted by molar-refractivity contribution is -0.130. The lowest BCUT2D eigenvalue weighted by Crippen LogP contribution is -2.33. The van der Waals surface area contributed by atoms with Crippen molar-refractivity contribution in [1.82, 2.24) is 19.5 Å². The Hall–Kier alpha value is -3.49. The van der Waals surface area contributed by atoms with Gasteiger partial charge in [-0.2, -0.15) is 9.49 Å². The van der Waals surface area contributed by atoms with Crippen LogP contribution in [-0.2, 0) is 4.79 Å². The van der Waals surface area contributed by atoms with Crippen LogP contribution in [0.1, 0.15) is 37.0 Å². The highest BCUT2D eigenvalue weighted by Crippen LogP contribution is 2.44. The lowest BCUT2D eigenvalue weighted by atomic mass is 9.93. The van der Waals surface area contributed by atoms with Crippen molar-refractivity contribution < 1.29 is 14.0 Å². The molecule has 3 aromatic rings. The molecule has 4 heterocycles. The van der Waals surface area contributed by atoms with Crippen molar-refractivity contribution in [1.29, 1.82) is 0 Å². The third-order valence-electron chi connectivity index (χ3n) is 7.31. The van der Waals surface area contributed by atoms with Gasteiger partial charge in [-0.05, 0) is 41.9 Å². The number of fused-ring (bicyclic) bond motifs is 2. The van der Waals surface area contributed by atoms with Gasteiger partial charge < -0.3 is 16.0 Å². The molecule has 2 fully saturated rings. The smallest absolute Gasteiger partial charge is 0.252 e. The number of hydrogen-bond donors (Lipinski definition) is 2. The van der Waals surface area contributed by atoms with Crippen LogP contribution in [0.25, 0.3) is 16.6 Å². The van der Waals surface area contributed by atoms with E-state index in [-0.39, 0.29) is 11.9 Å². The zero-order chi connectivity index (χ0) is 23.3. The molecular formula is C24H27FN6O2. The van der Waals surface area contributed by atoms with Crippen LogP contribution < -0.4 is 11.1 Å². The summed E-state index contributed by atoms with van der Waals surface area (Å²) in [7, 11) is 0. The Morgan fingerprint density at radius 2 is 2.09 bits per heavy atom. The van der Waals surface area contributed by atoms with Gasteiger partial charge in [0.1, 0.15) is 0 Å². The van der Waals surface area contributed by atoms with E-state index in [0.717, 1.165) is 25.1 Å². The van der Waals surface area contributed by atoms with Crippen molar-refractivity contribution in [2.75, 3.05) is 18.4 Å². The second kappa shape index (κ2) is 8.13. The third-order valence-corrected chi connectivity index (χ3v) is 7.31. The van der Waals surface area contributed by atoms with Crippen molar-refractivity contribution in [3.8, 4) is 11.1 Å². The number of aromatic nitrogens is 3. The van der Waals surface area contributed by atoms with Crippen molar-refractivity contribution in [3.05, 3.63) is 48.3 Å². The molecule has 5 rings (SSSR count). The van der Waals surface area contributed by atoms with Crippen LogP contribution in [0.3, 0.4) is 0 Å². The highest BCUT2D eigenvalue weighted by atomic mass is 19.1. The number of nitrogens with one attached hydrogen (secondary N) is 1. The summed E-state index contributed by atoms with van der Waals surface area (Å²) in [4.78, 5) is 30.0. The Bertz CT molecular complexity index is 1240. The Labute approximate surface area is 191 Å². The van der Waals surface area contributed by atoms with Crippen molar-refractivity contribution in [2.45, 2.75) is 32.7 Å². The van der Waals surface area contributed by atoms with Crippen molar-refractivity contribution in [2.24, 2.45) is 23.5 Å². The van der Waals surface area contributed by atoms with E-state index in [2.05, 4.69) is 22.3 Å². The van der Waals surface area contributed by atoms with Gasteiger partial charge in [0.05, 0.1) is 23.0 Å². The molecule has 0 bridgehead atoms. The van der Waals surface area contributed by atoms with Gasteiger partial charge in [0.25, 0.3) is 5.91 Å². The second-order valence-corrected chi connectivity index (χ2v) is 9.15. The largest absolute Gasteiger partial charge is 0.380 e. The first kappa shape index (κ1) is 21.4. The van der Waals surface area contributed by atoms with Crippen LogP contribution in [0.2, 0.25) is 0 Å². The van der Waals surface area contributed by atoms with E-state index in [1.165, 1.54) is 18.5 Å². The molecule has 2 amide bonds. The molecule has 0 radical (unpaired) electrons. The number of anilines is 1. The molecule has 4 atom stereocenters. The average molecular weight is 451 g/mol. The molecule has 1 saturated carbocycles. The van der Waals surface area contributed by atoms with E-state index in [0.29, 0.717) is 46.5 Å². The maximum Gasteiger partial charge on any atom is 0.252 e. The number of nitrogens with zero attached hydrogens (tertiary/aromatic N) is 4. The molecule has 3 N–H and O–H groups in total. The summed E-state index contributed by atoms with van der Waals surface area (Å²) in [6, 6.07) is 5.10. The van der Waals surface area contributed by atoms with Gasteiger partial charge >= 0.3 is 0 Å². The molecule has 33 heavy (non-hydrogen) atoms. The average Bonchev–Trinajstić information content (AvgIpc) is 3.48. The number of carbonyl (C=O) groups is 2. The van der Waals surface area contributed by atoms with Gasteiger partial charge in [0, 0.05) is 49.6 Å². The van der Waals surface area contributed by atoms with E-state index in [1.54, 1.807) is 16.8 Å². The van der Waals surface area contributed by atoms with E-state index in [4.69, 9.17) is 5.73 Å². The number of pyridine rings is 1. The van der Waals surface area contributed by atoms with E-state index < -0.39 is 11.9 Å². The number of hydrogen-bond acceptors (Lipinski definition) is 5. The Morgan fingerprint density at radius 1 is 1.27 bits per heavy atom. The molecule has 9 heteroatoms. The van der Waals surface area contributed by atoms with Crippen LogP contribution >= 0.6 is 0 Å². The first-order valence-electron chi connectivity index (χ1n) is 11.3. The molecule has 0 unspecified atom stereocenters. The summed E-state index contributed by atoms with van der Waals surface area (Å²) < 4.78 is 15.3. The summed E-state index contributed by atoms with van der Waals surface area (Å²) >= 11 is 0. The predicted octanol–water partition coefficient (Wildman–Crippen LogP) is 2.94. The maximum absolute atomic E-state index is 13.7. The number of carbonyl (C=O) groups excluding carboxylic acids is 2. The summed E-state index contributed by atoms with van der Waals surface area (Å²) in [5.41, 5.74) is 8.77. The molecule has 1 aliphatic carbocycles. The molecule has 172 valence electrons. The normalized spacial score (nSPS) is 24.3. The molecular weight excluding hydrogens is 423 g/mol. The summed E-state index contributed by atoms with van der Waals surface area (Å²) in [5.74, 6) is 0.271. The molecule has 0 spiro atoms. The molecule has 1 aliphatic heterocycles. The monoisotopic (exact) mass is 450 g/mol. The first-order chi connectivity index (χ1) is 15.9. The minimum Gasteiger partial charge on any atom is -0.380 e. The molecule has 1 saturated heterocycles. The first-order valence-corrected chi connectivity index (χ1v) is 11.3. The Morgan fingerprint density at radius 3 is 2.79 bits per heavy atom. The fourth-order valence-electron chi connectivity index (χ4n) is 5.52. The fourth-order valence-corrected chi connectivity index (χ4v) is 5.52. The number of amides is 2. The van der Waals surface area contributed by atoms with Crippen molar-refractivity contribution >= 4 is 23.0 Å². The van der Waals surface area contributed by atoms with Gasteiger partial charge in [-0.3, -0.25) is 9.59 Å². The minimum absolute atomic E-state index is 0.139. The van der Waals surface area contributed by atoms with Gasteiger partial charge in [0.2, 0.25) is 11.9 Å². The van der Waals surface area contributed by atoms with Crippen LogP contribution in [0.15, 0.2) is 36.8 Å². The maximum atomic E-state index is 13.7. The SMILES string of the molecule is CCC(=O)N1C[C@H]2C[C@@H](Nc3c(C(N)=O)cnn4cc(-c5ccnc(F)c5)cc34)[C@@H](C)[C@@H]2C1. The second-order valence-electron chi connectivity index (χ2n) is 9.15. The zero-order valence-corrected chi connectivity index (χ0v) is 18.7. The lowest BCUT2D eigenvalue weighted by Gasteiger charge is -2.25. The quantitative estimate of drug-likeness (QED) is 0.582. The van der Waals surface area contributed by atoms with Gasteiger partial charge in [0.15, 0.2) is 0 Å². The van der Waals surface area contributed by atoms with Crippen LogP contribution in [-0.4, -0.2) is 50.4 Å². The highest BCUT2D eigenvalue weighted by molar-refractivity contribution is 6.02. The number of rotatable bonds is 5. The van der Waals surface area contributed by atoms with Gasteiger partial charge in [-0.15, -0.1) is 0 Å². The topological polar surface area (TPSA) is 106 Å². The van der Waals surface area contributed by atoms with Crippen LogP contribution in [0.5, 0.6) is 0 Å². The zero-order valence-electron chi connectivity index (χ0n) is 18.7. The van der Waals surface area contributed by atoms with Gasteiger partial charge in [-0.25, -0.2) is 9.50 Å². The minimum atomic E-state index is -0.561. The fraction of sp³-hybridized carbons (Fsp3) is 0.417. The standard InChI is InChI=1S/C24H27FN6O2/c1-3-22(32)30-10-16-6-19(13(2)18(16)12-30)29-23-17(24(26)33)9-28-31-11-15(7-20(23)31)14-4-5-27-21(25)8-14/h4-5,7-9,11,13,16,18-19,29H,3,6,10,12H2,1-2H3,(H2,26,33)/t13-,16+,18-,19+/m0/s1. The highest BCUT2D eigenvalue weighted by Gasteiger charge is 2.47. The van der Waals surface area contributed by atoms with Crippen molar-refractivity contribution in [3.63, 3.8) is 0 Å². The number of primary amides is 1. The van der Waals surface area contributed by atoms with Crippen LogP contribution in [0, 0.1) is 23.7 Å². The summed E-state index contributed by atoms with van der Waals surface area (Å²) in [5, 5.41) is 7.94. The molecule has 8 nitrogen and oxygen atoms in total. The number of likely N-dealkylation sites (tertiary alicyclic amines) is 1. The molecule has 3 aromatic heterocycles. The Kier molecular flexibility index (Phi) is 5.26. The predicted molar refractivity (Wildman–Crippen MR) is 122 cm³/mol. The van der Waals surface area contributed by atoms with Crippen LogP contribution in [0.4, 0.5) is 10.1 Å². The summed E-state index contributed by atoms with van der Waals surface area (Å²) in [6.45, 7) is 5.68. The number of halogens is 1. The molecule has 0 aromatic carbocycles. The summed E-state index contributed by atoms with van der Waals surface area (Å²) in [6.07, 6.45) is 6.12. The van der Waals surface area contributed by atoms with Gasteiger partial charge in [-0.1, -0.05) is 13.8 Å².